The van der Waals surface area contributed by atoms with Crippen LogP contribution in [0.2, 0.25) is 0 Å². The maximum atomic E-state index is 11.6. The van der Waals surface area contributed by atoms with Gasteiger partial charge in [0.1, 0.15) is 0 Å². The number of hydrogen-bond donors (Lipinski definition) is 1. The van der Waals surface area contributed by atoms with E-state index in [0.29, 0.717) is 12.1 Å². The van der Waals surface area contributed by atoms with Crippen molar-refractivity contribution in [1.82, 2.24) is 14.8 Å². The predicted octanol–water partition coefficient (Wildman–Crippen LogP) is 0.996. The molecule has 0 fully saturated rings. The van der Waals surface area contributed by atoms with Crippen molar-refractivity contribution in [3.8, 4) is 0 Å². The molecule has 0 aliphatic carbocycles. The minimum Gasteiger partial charge on any atom is -0.324 e. The van der Waals surface area contributed by atoms with Gasteiger partial charge < -0.3 is 5.32 Å². The SMILES string of the molecule is Cn1cc(CC(=O)Nc2cccnc2)cn1. The average molecular weight is 216 g/mol. The summed E-state index contributed by atoms with van der Waals surface area (Å²) in [6, 6.07) is 3.58. The molecule has 5 heteroatoms. The number of hydrogen-bond acceptors (Lipinski definition) is 3. The van der Waals surface area contributed by atoms with E-state index < -0.39 is 0 Å². The first-order chi connectivity index (χ1) is 7.74. The first-order valence-electron chi connectivity index (χ1n) is 4.91. The van der Waals surface area contributed by atoms with E-state index in [0.717, 1.165) is 5.56 Å². The molecule has 0 saturated heterocycles. The molecule has 1 N–H and O–H groups in total. The van der Waals surface area contributed by atoms with Gasteiger partial charge in [-0.2, -0.15) is 5.10 Å². The Morgan fingerprint density at radius 3 is 3.00 bits per heavy atom. The van der Waals surface area contributed by atoms with Crippen LogP contribution in [0.1, 0.15) is 5.56 Å². The lowest BCUT2D eigenvalue weighted by molar-refractivity contribution is -0.115. The van der Waals surface area contributed by atoms with Gasteiger partial charge in [-0.05, 0) is 17.7 Å². The molecule has 0 unspecified atom stereocenters. The van der Waals surface area contributed by atoms with Crippen molar-refractivity contribution in [2.24, 2.45) is 7.05 Å². The zero-order valence-electron chi connectivity index (χ0n) is 8.92. The Kier molecular flexibility index (Phi) is 2.95. The number of carbonyl (C=O) groups is 1. The zero-order chi connectivity index (χ0) is 11.4. The van der Waals surface area contributed by atoms with Gasteiger partial charge in [0, 0.05) is 19.4 Å². The van der Waals surface area contributed by atoms with Crippen molar-refractivity contribution in [2.75, 3.05) is 5.32 Å². The summed E-state index contributed by atoms with van der Waals surface area (Å²) >= 11 is 0. The molecule has 1 amide bonds. The van der Waals surface area contributed by atoms with E-state index in [1.165, 1.54) is 0 Å². The minimum absolute atomic E-state index is 0.0685. The van der Waals surface area contributed by atoms with Gasteiger partial charge in [0.05, 0.1) is 24.5 Å². The van der Waals surface area contributed by atoms with E-state index in [1.807, 2.05) is 13.2 Å². The van der Waals surface area contributed by atoms with Crippen LogP contribution >= 0.6 is 0 Å². The summed E-state index contributed by atoms with van der Waals surface area (Å²) < 4.78 is 1.67. The molecule has 2 heterocycles. The first-order valence-corrected chi connectivity index (χ1v) is 4.91. The summed E-state index contributed by atoms with van der Waals surface area (Å²) in [5, 5.41) is 6.76. The minimum atomic E-state index is -0.0685. The molecular weight excluding hydrogens is 204 g/mol. The van der Waals surface area contributed by atoms with E-state index in [4.69, 9.17) is 0 Å². The number of anilines is 1. The standard InChI is InChI=1S/C11H12N4O/c1-15-8-9(6-13-15)5-11(16)14-10-3-2-4-12-7-10/h2-4,6-8H,5H2,1H3,(H,14,16). The van der Waals surface area contributed by atoms with Gasteiger partial charge >= 0.3 is 0 Å². The van der Waals surface area contributed by atoms with Crippen molar-refractivity contribution in [3.63, 3.8) is 0 Å². The number of amides is 1. The molecule has 0 bridgehead atoms. The third-order valence-corrected chi connectivity index (χ3v) is 2.07. The highest BCUT2D eigenvalue weighted by molar-refractivity contribution is 5.91. The Morgan fingerprint density at radius 2 is 2.38 bits per heavy atom. The Bertz CT molecular complexity index is 478. The third-order valence-electron chi connectivity index (χ3n) is 2.07. The summed E-state index contributed by atoms with van der Waals surface area (Å²) in [4.78, 5) is 15.5. The average Bonchev–Trinajstić information content (AvgIpc) is 2.65. The molecule has 2 aromatic heterocycles. The lowest BCUT2D eigenvalue weighted by Crippen LogP contribution is -2.14. The van der Waals surface area contributed by atoms with Crippen molar-refractivity contribution in [3.05, 3.63) is 42.5 Å². The summed E-state index contributed by atoms with van der Waals surface area (Å²) in [7, 11) is 1.82. The van der Waals surface area contributed by atoms with E-state index in [9.17, 15) is 4.79 Å². The smallest absolute Gasteiger partial charge is 0.228 e. The fourth-order valence-electron chi connectivity index (χ4n) is 1.39. The lowest BCUT2D eigenvalue weighted by atomic mass is 10.2. The topological polar surface area (TPSA) is 59.8 Å². The Balaban J connectivity index is 1.95. The van der Waals surface area contributed by atoms with Gasteiger partial charge in [-0.15, -0.1) is 0 Å². The van der Waals surface area contributed by atoms with Crippen LogP contribution in [0.3, 0.4) is 0 Å². The van der Waals surface area contributed by atoms with E-state index in [2.05, 4.69) is 15.4 Å². The summed E-state index contributed by atoms with van der Waals surface area (Å²) in [5.74, 6) is -0.0685. The van der Waals surface area contributed by atoms with E-state index >= 15 is 0 Å². The normalized spacial score (nSPS) is 10.1. The molecular formula is C11H12N4O. The maximum Gasteiger partial charge on any atom is 0.228 e. The molecule has 0 atom stereocenters. The molecule has 0 aliphatic rings. The lowest BCUT2D eigenvalue weighted by Gasteiger charge is -2.02. The van der Waals surface area contributed by atoms with Crippen LogP contribution < -0.4 is 5.32 Å². The van der Waals surface area contributed by atoms with Crippen LogP contribution in [-0.2, 0) is 18.3 Å². The van der Waals surface area contributed by atoms with Crippen LogP contribution in [0.4, 0.5) is 5.69 Å². The van der Waals surface area contributed by atoms with Crippen molar-refractivity contribution in [1.29, 1.82) is 0 Å². The Morgan fingerprint density at radius 1 is 1.50 bits per heavy atom. The Hall–Kier alpha value is -2.17. The quantitative estimate of drug-likeness (QED) is 0.832. The van der Waals surface area contributed by atoms with Crippen LogP contribution in [0.15, 0.2) is 36.9 Å². The van der Waals surface area contributed by atoms with E-state index in [1.54, 1.807) is 35.4 Å². The number of carbonyl (C=O) groups excluding carboxylic acids is 1. The van der Waals surface area contributed by atoms with Gasteiger partial charge in [0.25, 0.3) is 0 Å². The van der Waals surface area contributed by atoms with Crippen molar-refractivity contribution < 1.29 is 4.79 Å². The van der Waals surface area contributed by atoms with Gasteiger partial charge in [0.15, 0.2) is 0 Å². The molecule has 5 nitrogen and oxygen atoms in total. The number of pyridine rings is 1. The van der Waals surface area contributed by atoms with Crippen molar-refractivity contribution in [2.45, 2.75) is 6.42 Å². The molecule has 0 radical (unpaired) electrons. The summed E-state index contributed by atoms with van der Waals surface area (Å²) in [6.07, 6.45) is 7.10. The molecule has 2 aromatic rings. The molecule has 82 valence electrons. The third kappa shape index (κ3) is 2.66. The monoisotopic (exact) mass is 216 g/mol. The van der Waals surface area contributed by atoms with Gasteiger partial charge in [-0.1, -0.05) is 0 Å². The van der Waals surface area contributed by atoms with Gasteiger partial charge in [0.2, 0.25) is 5.91 Å². The number of aryl methyl sites for hydroxylation is 1. The zero-order valence-corrected chi connectivity index (χ0v) is 8.92. The highest BCUT2D eigenvalue weighted by Crippen LogP contribution is 2.04. The highest BCUT2D eigenvalue weighted by atomic mass is 16.1. The number of nitrogens with zero attached hydrogens (tertiary/aromatic N) is 3. The molecule has 0 saturated carbocycles. The van der Waals surface area contributed by atoms with Gasteiger partial charge in [-0.25, -0.2) is 0 Å². The second-order valence-corrected chi connectivity index (χ2v) is 3.49. The molecule has 0 spiro atoms. The van der Waals surface area contributed by atoms with Crippen LogP contribution in [0.5, 0.6) is 0 Å². The molecule has 16 heavy (non-hydrogen) atoms. The largest absolute Gasteiger partial charge is 0.324 e. The summed E-state index contributed by atoms with van der Waals surface area (Å²) in [5.41, 5.74) is 1.60. The predicted molar refractivity (Wildman–Crippen MR) is 59.8 cm³/mol. The highest BCUT2D eigenvalue weighted by Gasteiger charge is 2.05. The second kappa shape index (κ2) is 4.57. The van der Waals surface area contributed by atoms with Crippen molar-refractivity contribution >= 4 is 11.6 Å². The first kappa shape index (κ1) is 10.4. The second-order valence-electron chi connectivity index (χ2n) is 3.49. The number of nitrogens with one attached hydrogen (secondary N) is 1. The van der Waals surface area contributed by atoms with Gasteiger partial charge in [-0.3, -0.25) is 14.5 Å². The molecule has 2 rings (SSSR count). The van der Waals surface area contributed by atoms with Crippen LogP contribution in [0.25, 0.3) is 0 Å². The molecule has 0 aliphatic heterocycles. The Labute approximate surface area is 93.1 Å². The number of rotatable bonds is 3. The maximum absolute atomic E-state index is 11.6. The van der Waals surface area contributed by atoms with Crippen LogP contribution in [0, 0.1) is 0 Å². The fourth-order valence-corrected chi connectivity index (χ4v) is 1.39. The fraction of sp³-hybridized carbons (Fsp3) is 0.182. The number of aromatic nitrogens is 3. The van der Waals surface area contributed by atoms with E-state index in [-0.39, 0.29) is 5.91 Å². The van der Waals surface area contributed by atoms with Crippen LogP contribution in [-0.4, -0.2) is 20.7 Å². The molecule has 0 aromatic carbocycles. The summed E-state index contributed by atoms with van der Waals surface area (Å²) in [6.45, 7) is 0.